The third-order valence-corrected chi connectivity index (χ3v) is 3.69. The lowest BCUT2D eigenvalue weighted by Gasteiger charge is -2.08. The van der Waals surface area contributed by atoms with Gasteiger partial charge >= 0.3 is 6.36 Å². The van der Waals surface area contributed by atoms with Crippen molar-refractivity contribution in [2.75, 3.05) is 0 Å². The number of ketones is 1. The molecule has 2 aromatic carbocycles. The maximum absolute atomic E-state index is 12.4. The number of Topliss-reactive ketones (excluding diaryl/α,β-unsaturated/α-hetero) is 1. The quantitative estimate of drug-likeness (QED) is 0.575. The number of carbonyl (C=O) groups excluding carboxylic acids is 1. The van der Waals surface area contributed by atoms with Crippen molar-refractivity contribution in [1.29, 1.82) is 0 Å². The molecule has 0 saturated carbocycles. The smallest absolute Gasteiger partial charge is 0.573 e. The molecule has 1 aliphatic rings. The third kappa shape index (κ3) is 2.94. The fourth-order valence-corrected chi connectivity index (χ4v) is 2.63. The zero-order valence-electron chi connectivity index (χ0n) is 11.2. The van der Waals surface area contributed by atoms with Gasteiger partial charge in [0.25, 0.3) is 11.5 Å². The predicted octanol–water partition coefficient (Wildman–Crippen LogP) is 4.18. The van der Waals surface area contributed by atoms with Gasteiger partial charge in [-0.2, -0.15) is 4.74 Å². The van der Waals surface area contributed by atoms with Gasteiger partial charge in [-0.1, -0.05) is 15.9 Å². The number of hydrogen-bond acceptors (Lipinski definition) is 3. The number of alkyl halides is 3. The highest BCUT2D eigenvalue weighted by atomic mass is 79.9. The van der Waals surface area contributed by atoms with Crippen molar-refractivity contribution in [3.63, 3.8) is 0 Å². The molecule has 0 unspecified atom stereocenters. The van der Waals surface area contributed by atoms with Gasteiger partial charge in [0.2, 0.25) is 5.69 Å². The van der Waals surface area contributed by atoms with E-state index >= 15 is 0 Å². The van der Waals surface area contributed by atoms with E-state index in [-0.39, 0.29) is 22.5 Å². The first-order chi connectivity index (χ1) is 10.8. The summed E-state index contributed by atoms with van der Waals surface area (Å²) >= 11 is 3.22. The minimum absolute atomic E-state index is 0.142. The van der Waals surface area contributed by atoms with Crippen LogP contribution in [0.4, 0.5) is 18.9 Å². The van der Waals surface area contributed by atoms with E-state index in [0.717, 1.165) is 12.1 Å². The first-order valence-corrected chi connectivity index (χ1v) is 7.10. The zero-order chi connectivity index (χ0) is 16.8. The van der Waals surface area contributed by atoms with Gasteiger partial charge in [0, 0.05) is 10.5 Å². The number of carbonyl (C=O) groups is 1. The van der Waals surface area contributed by atoms with Crippen molar-refractivity contribution in [3.05, 3.63) is 63.3 Å². The molecule has 4 nitrogen and oxygen atoms in total. The Labute approximate surface area is 136 Å². The van der Waals surface area contributed by atoms with Crippen molar-refractivity contribution in [3.8, 4) is 5.75 Å². The highest BCUT2D eigenvalue weighted by Gasteiger charge is 2.37. The number of halogens is 4. The van der Waals surface area contributed by atoms with Crippen LogP contribution in [0.15, 0.2) is 46.9 Å². The standard InChI is InChI=1S/C15H7BrF3NO3/c16-9-3-6-12-11(7-9)14(21)13(20(12)22)8-1-4-10(5-2-8)23-15(17,18)19/h1-7H. The van der Waals surface area contributed by atoms with Crippen LogP contribution < -0.4 is 4.74 Å². The van der Waals surface area contributed by atoms with E-state index in [4.69, 9.17) is 0 Å². The first-order valence-electron chi connectivity index (χ1n) is 6.31. The normalized spacial score (nSPS) is 14.2. The van der Waals surface area contributed by atoms with Gasteiger partial charge < -0.3 is 9.94 Å². The molecular weight excluding hydrogens is 379 g/mol. The Hall–Kier alpha value is -2.35. The number of hydrogen-bond donors (Lipinski definition) is 0. The van der Waals surface area contributed by atoms with E-state index in [9.17, 15) is 23.2 Å². The van der Waals surface area contributed by atoms with E-state index in [2.05, 4.69) is 20.7 Å². The second-order valence-electron chi connectivity index (χ2n) is 4.71. The Morgan fingerprint density at radius 2 is 1.74 bits per heavy atom. The molecule has 0 radical (unpaired) electrons. The van der Waals surface area contributed by atoms with E-state index < -0.39 is 17.9 Å². The van der Waals surface area contributed by atoms with Gasteiger partial charge in [-0.15, -0.1) is 13.2 Å². The van der Waals surface area contributed by atoms with Crippen molar-refractivity contribution in [1.82, 2.24) is 0 Å². The van der Waals surface area contributed by atoms with Crippen molar-refractivity contribution in [2.45, 2.75) is 6.36 Å². The summed E-state index contributed by atoms with van der Waals surface area (Å²) in [5.41, 5.74) is 0.507. The molecule has 118 valence electrons. The van der Waals surface area contributed by atoms with Crippen LogP contribution in [0.25, 0.3) is 0 Å². The second kappa shape index (κ2) is 5.38. The molecule has 1 aliphatic heterocycles. The van der Waals surface area contributed by atoms with Crippen LogP contribution in [0.5, 0.6) is 5.75 Å². The monoisotopic (exact) mass is 385 g/mol. The van der Waals surface area contributed by atoms with Crippen molar-refractivity contribution >= 4 is 33.1 Å². The molecular formula is C15H7BrF3NO3. The molecule has 3 rings (SSSR count). The first kappa shape index (κ1) is 15.5. The molecule has 0 aliphatic carbocycles. The molecule has 0 saturated heterocycles. The molecule has 0 spiro atoms. The summed E-state index contributed by atoms with van der Waals surface area (Å²) < 4.78 is 41.3. The highest BCUT2D eigenvalue weighted by molar-refractivity contribution is 9.10. The lowest BCUT2D eigenvalue weighted by molar-refractivity contribution is -0.355. The number of benzene rings is 2. The Morgan fingerprint density at radius 3 is 2.35 bits per heavy atom. The maximum atomic E-state index is 12.4. The topological polar surface area (TPSA) is 52.4 Å². The lowest BCUT2D eigenvalue weighted by atomic mass is 10.0. The summed E-state index contributed by atoms with van der Waals surface area (Å²) in [6, 6.07) is 9.22. The molecule has 0 amide bonds. The van der Waals surface area contributed by atoms with Crippen LogP contribution in [-0.2, 0) is 0 Å². The molecule has 0 aromatic heterocycles. The summed E-state index contributed by atoms with van der Waals surface area (Å²) in [5.74, 6) is -0.911. The maximum Gasteiger partial charge on any atom is 0.573 e. The van der Waals surface area contributed by atoms with Crippen LogP contribution in [0.2, 0.25) is 0 Å². The third-order valence-electron chi connectivity index (χ3n) is 3.20. The summed E-state index contributed by atoms with van der Waals surface area (Å²) in [6.07, 6.45) is -4.80. The minimum atomic E-state index is -4.80. The highest BCUT2D eigenvalue weighted by Crippen LogP contribution is 2.31. The van der Waals surface area contributed by atoms with Crippen LogP contribution in [0.3, 0.4) is 0 Å². The van der Waals surface area contributed by atoms with Crippen molar-refractivity contribution in [2.24, 2.45) is 0 Å². The van der Waals surface area contributed by atoms with E-state index in [0.29, 0.717) is 9.21 Å². The van der Waals surface area contributed by atoms with Gasteiger partial charge in [0.15, 0.2) is 0 Å². The van der Waals surface area contributed by atoms with Crippen LogP contribution in [0, 0.1) is 5.21 Å². The Morgan fingerprint density at radius 1 is 1.09 bits per heavy atom. The summed E-state index contributed by atoms with van der Waals surface area (Å²) in [5, 5.41) is 12.3. The molecule has 0 bridgehead atoms. The molecule has 0 fully saturated rings. The molecule has 23 heavy (non-hydrogen) atoms. The number of fused-ring (bicyclic) bond motifs is 1. The van der Waals surface area contributed by atoms with Gasteiger partial charge in [0.05, 0.1) is 5.56 Å². The summed E-state index contributed by atoms with van der Waals surface area (Å²) in [7, 11) is 0. The Kier molecular flexibility index (Phi) is 3.63. The molecule has 8 heteroatoms. The minimum Gasteiger partial charge on any atom is -0.618 e. The lowest BCUT2D eigenvalue weighted by Crippen LogP contribution is -2.18. The fourth-order valence-electron chi connectivity index (χ4n) is 2.27. The summed E-state index contributed by atoms with van der Waals surface area (Å²) in [4.78, 5) is 12.4. The second-order valence-corrected chi connectivity index (χ2v) is 5.62. The SMILES string of the molecule is O=C1C(c2ccc(OC(F)(F)F)cc2)=[N+]([O-])c2ccc(Br)cc21. The van der Waals surface area contributed by atoms with Gasteiger partial charge in [0.1, 0.15) is 11.3 Å². The van der Waals surface area contributed by atoms with Crippen LogP contribution in [0.1, 0.15) is 15.9 Å². The van der Waals surface area contributed by atoms with Crippen molar-refractivity contribution < 1.29 is 27.4 Å². The summed E-state index contributed by atoms with van der Waals surface area (Å²) in [6.45, 7) is 0. The fraction of sp³-hybridized carbons (Fsp3) is 0.0667. The average molecular weight is 386 g/mol. The Bertz CT molecular complexity index is 829. The van der Waals surface area contributed by atoms with Crippen LogP contribution >= 0.6 is 15.9 Å². The average Bonchev–Trinajstić information content (AvgIpc) is 2.70. The largest absolute Gasteiger partial charge is 0.618 e. The molecule has 0 atom stereocenters. The number of rotatable bonds is 2. The number of nitrogens with zero attached hydrogens (tertiary/aromatic N) is 1. The van der Waals surface area contributed by atoms with Crippen LogP contribution in [-0.4, -0.2) is 22.6 Å². The Balaban J connectivity index is 1.97. The zero-order valence-corrected chi connectivity index (χ0v) is 12.8. The predicted molar refractivity (Wildman–Crippen MR) is 79.0 cm³/mol. The van der Waals surface area contributed by atoms with Gasteiger partial charge in [-0.25, -0.2) is 0 Å². The van der Waals surface area contributed by atoms with E-state index in [1.165, 1.54) is 24.3 Å². The van der Waals surface area contributed by atoms with Gasteiger partial charge in [-0.3, -0.25) is 4.79 Å². The van der Waals surface area contributed by atoms with Gasteiger partial charge in [-0.05, 0) is 36.4 Å². The van der Waals surface area contributed by atoms with E-state index in [1.807, 2.05) is 0 Å². The molecule has 1 heterocycles. The molecule has 0 N–H and O–H groups in total. The molecule has 2 aromatic rings. The van der Waals surface area contributed by atoms with E-state index in [1.54, 1.807) is 6.07 Å². The number of ether oxygens (including phenoxy) is 1.